The van der Waals surface area contributed by atoms with Gasteiger partial charge in [-0.05, 0) is 34.1 Å². The fraction of sp³-hybridized carbons (Fsp3) is 0.560. The van der Waals surface area contributed by atoms with Gasteiger partial charge >= 0.3 is 5.97 Å². The summed E-state index contributed by atoms with van der Waals surface area (Å²) < 4.78 is 5.61. The minimum absolute atomic E-state index is 0.0439. The number of hydrogen-bond donors (Lipinski definition) is 4. The summed E-state index contributed by atoms with van der Waals surface area (Å²) in [5.74, 6) is -2.70. The molecule has 8 heteroatoms. The van der Waals surface area contributed by atoms with Crippen molar-refractivity contribution in [3.8, 4) is 0 Å². The first-order chi connectivity index (χ1) is 15.4. The lowest BCUT2D eigenvalue weighted by Gasteiger charge is -2.42. The van der Waals surface area contributed by atoms with Gasteiger partial charge in [-0.15, -0.1) is 0 Å². The monoisotopic (exact) mass is 461 g/mol. The molecule has 7 atom stereocenters. The molecule has 3 rings (SSSR count). The Bertz CT molecular complexity index is 885. The van der Waals surface area contributed by atoms with Crippen LogP contribution in [-0.4, -0.2) is 63.4 Å². The number of Topliss-reactive ketones (excluding diaryl/α,β-unsaturated/α-hetero) is 1. The topological polar surface area (TPSA) is 133 Å². The van der Waals surface area contributed by atoms with Gasteiger partial charge in [0.25, 0.3) is 0 Å². The molecule has 1 saturated heterocycles. The number of ether oxygens (including phenoxy) is 1. The maximum absolute atomic E-state index is 13.5. The Morgan fingerprint density at radius 1 is 1.15 bits per heavy atom. The molecule has 3 aliphatic rings. The zero-order chi connectivity index (χ0) is 24.9. The number of esters is 1. The molecule has 0 radical (unpaired) electrons. The summed E-state index contributed by atoms with van der Waals surface area (Å²) in [4.78, 5) is 38.9. The molecule has 4 N–H and O–H groups in total. The fourth-order valence-corrected chi connectivity index (χ4v) is 3.88. The van der Waals surface area contributed by atoms with Gasteiger partial charge in [-0.2, -0.15) is 0 Å². The highest BCUT2D eigenvalue weighted by atomic mass is 16.5. The highest BCUT2D eigenvalue weighted by Gasteiger charge is 2.56. The van der Waals surface area contributed by atoms with Gasteiger partial charge in [-0.25, -0.2) is 0 Å². The molecule has 1 fully saturated rings. The van der Waals surface area contributed by atoms with Crippen molar-refractivity contribution >= 4 is 17.7 Å². The van der Waals surface area contributed by atoms with Crippen LogP contribution in [-0.2, 0) is 19.1 Å². The van der Waals surface area contributed by atoms with Crippen molar-refractivity contribution < 1.29 is 34.4 Å². The Labute approximate surface area is 194 Å². The van der Waals surface area contributed by atoms with Gasteiger partial charge in [0.15, 0.2) is 5.78 Å². The molecule has 0 aromatic rings. The number of allylic oxidation sites excluding steroid dienone is 4. The molecular weight excluding hydrogens is 426 g/mol. The van der Waals surface area contributed by atoms with E-state index in [-0.39, 0.29) is 6.42 Å². The summed E-state index contributed by atoms with van der Waals surface area (Å²) in [6, 6.07) is -1.09. The number of ketones is 1. The lowest BCUT2D eigenvalue weighted by molar-refractivity contribution is -0.181. The Hall–Kier alpha value is -2.55. The predicted molar refractivity (Wildman–Crippen MR) is 123 cm³/mol. The number of nitrogens with one attached hydrogen (secondary N) is 1. The minimum atomic E-state index is -1.74. The standard InChI is InChI=1S/C25H35NO7/c1-14-6-9-18(28)10-8-15(2)12-21(26-23(31)17(4)27)25(5)22(30)16(3)20(33-24(25)32)13-19(29)11-7-14/h6-8,10-12,16-21,27-29H,9,13H2,1-5H3,(H,26,31)/t16-,17-,18+,19-,20-,21-,25+/m1/s1. The van der Waals surface area contributed by atoms with Crippen molar-refractivity contribution in [1.29, 1.82) is 0 Å². The molecule has 182 valence electrons. The van der Waals surface area contributed by atoms with Crippen LogP contribution < -0.4 is 5.32 Å². The third kappa shape index (κ3) is 6.50. The van der Waals surface area contributed by atoms with Crippen molar-refractivity contribution in [2.45, 2.75) is 77.9 Å². The number of carbonyl (C=O) groups is 3. The molecule has 2 heterocycles. The molecule has 0 unspecified atom stereocenters. The van der Waals surface area contributed by atoms with Gasteiger partial charge in [0.05, 0.1) is 24.2 Å². The fourth-order valence-electron chi connectivity index (χ4n) is 3.88. The van der Waals surface area contributed by atoms with Crippen molar-refractivity contribution in [2.75, 3.05) is 0 Å². The molecule has 0 spiro atoms. The first-order valence-corrected chi connectivity index (χ1v) is 11.2. The van der Waals surface area contributed by atoms with Gasteiger partial charge < -0.3 is 25.4 Å². The average molecular weight is 462 g/mol. The summed E-state index contributed by atoms with van der Waals surface area (Å²) in [5, 5.41) is 32.9. The lowest BCUT2D eigenvalue weighted by atomic mass is 9.69. The van der Waals surface area contributed by atoms with Crippen LogP contribution in [0.4, 0.5) is 0 Å². The maximum atomic E-state index is 13.5. The summed E-state index contributed by atoms with van der Waals surface area (Å²) in [6.07, 6.45) is 6.38. The zero-order valence-corrected chi connectivity index (χ0v) is 19.8. The van der Waals surface area contributed by atoms with E-state index in [9.17, 15) is 29.7 Å². The molecule has 0 aromatic heterocycles. The van der Waals surface area contributed by atoms with E-state index in [0.29, 0.717) is 12.0 Å². The van der Waals surface area contributed by atoms with Crippen molar-refractivity contribution in [3.05, 3.63) is 47.6 Å². The number of aliphatic hydroxyl groups excluding tert-OH is 3. The Balaban J connectivity index is 2.56. The third-order valence-corrected chi connectivity index (χ3v) is 6.21. The van der Waals surface area contributed by atoms with Crippen LogP contribution in [0, 0.1) is 11.3 Å². The van der Waals surface area contributed by atoms with Gasteiger partial charge in [-0.3, -0.25) is 14.4 Å². The minimum Gasteiger partial charge on any atom is -0.461 e. The number of carbonyl (C=O) groups excluding carboxylic acids is 3. The van der Waals surface area contributed by atoms with E-state index >= 15 is 0 Å². The Morgan fingerprint density at radius 2 is 1.76 bits per heavy atom. The average Bonchev–Trinajstić information content (AvgIpc) is 2.75. The molecule has 2 aliphatic heterocycles. The lowest BCUT2D eigenvalue weighted by Crippen LogP contribution is -2.61. The SMILES string of the molecule is CC1=CC[C@H](O)C=CC(C)=C[C@@H](NC(=O)[C@@H](C)O)[C@]2(C)C(=O)O[C@H](C[C@H](O)C=C1)[C@@H](C)C2=O. The quantitative estimate of drug-likeness (QED) is 0.362. The van der Waals surface area contributed by atoms with Crippen LogP contribution in [0.3, 0.4) is 0 Å². The number of rotatable bonds is 2. The number of hydrogen-bond acceptors (Lipinski definition) is 7. The summed E-state index contributed by atoms with van der Waals surface area (Å²) in [6.45, 7) is 7.89. The predicted octanol–water partition coefficient (Wildman–Crippen LogP) is 1.51. The molecule has 0 saturated carbocycles. The second-order valence-corrected chi connectivity index (χ2v) is 9.14. The molecule has 0 aromatic carbocycles. The van der Waals surface area contributed by atoms with Crippen LogP contribution >= 0.6 is 0 Å². The van der Waals surface area contributed by atoms with Crippen LogP contribution in [0.2, 0.25) is 0 Å². The highest BCUT2D eigenvalue weighted by Crippen LogP contribution is 2.38. The van der Waals surface area contributed by atoms with Gasteiger partial charge in [0, 0.05) is 6.42 Å². The highest BCUT2D eigenvalue weighted by molar-refractivity contribution is 6.08. The molecule has 33 heavy (non-hydrogen) atoms. The summed E-state index contributed by atoms with van der Waals surface area (Å²) >= 11 is 0. The van der Waals surface area contributed by atoms with Crippen molar-refractivity contribution in [2.24, 2.45) is 11.3 Å². The number of aliphatic hydroxyl groups is 3. The first-order valence-electron chi connectivity index (χ1n) is 11.2. The summed E-state index contributed by atoms with van der Waals surface area (Å²) in [5.41, 5.74) is -0.292. The van der Waals surface area contributed by atoms with Crippen molar-refractivity contribution in [1.82, 2.24) is 5.32 Å². The van der Waals surface area contributed by atoms with E-state index < -0.39 is 59.5 Å². The molecule has 1 amide bonds. The van der Waals surface area contributed by atoms with Gasteiger partial charge in [0.1, 0.15) is 17.6 Å². The first kappa shape index (κ1) is 26.7. The second-order valence-electron chi connectivity index (χ2n) is 9.14. The maximum Gasteiger partial charge on any atom is 0.322 e. The summed E-state index contributed by atoms with van der Waals surface area (Å²) in [7, 11) is 0. The zero-order valence-electron chi connectivity index (χ0n) is 19.8. The third-order valence-electron chi connectivity index (χ3n) is 6.21. The van der Waals surface area contributed by atoms with Crippen LogP contribution in [0.25, 0.3) is 0 Å². The van der Waals surface area contributed by atoms with Crippen molar-refractivity contribution in [3.63, 3.8) is 0 Å². The molecule has 8 nitrogen and oxygen atoms in total. The van der Waals surface area contributed by atoms with E-state index in [1.165, 1.54) is 13.8 Å². The smallest absolute Gasteiger partial charge is 0.322 e. The van der Waals surface area contributed by atoms with Gasteiger partial charge in [-0.1, -0.05) is 54.5 Å². The van der Waals surface area contributed by atoms with E-state index in [1.54, 1.807) is 44.2 Å². The van der Waals surface area contributed by atoms with E-state index in [4.69, 9.17) is 4.74 Å². The normalized spacial score (nSPS) is 34.7. The second kappa shape index (κ2) is 11.0. The number of amides is 1. The van der Waals surface area contributed by atoms with E-state index in [1.807, 2.05) is 13.0 Å². The molecule has 1 aliphatic carbocycles. The Morgan fingerprint density at radius 3 is 2.39 bits per heavy atom. The number of fused-ring (bicyclic) bond motifs is 10. The van der Waals surface area contributed by atoms with E-state index in [2.05, 4.69) is 5.32 Å². The molecule has 2 bridgehead atoms. The van der Waals surface area contributed by atoms with Crippen LogP contribution in [0.15, 0.2) is 47.6 Å². The van der Waals surface area contributed by atoms with Crippen LogP contribution in [0.1, 0.15) is 47.5 Å². The van der Waals surface area contributed by atoms with E-state index in [0.717, 1.165) is 5.57 Å². The van der Waals surface area contributed by atoms with Gasteiger partial charge in [0.2, 0.25) is 5.91 Å². The Kier molecular flexibility index (Phi) is 8.94. The van der Waals surface area contributed by atoms with Crippen LogP contribution in [0.5, 0.6) is 0 Å². The molecular formula is C25H35NO7. The largest absolute Gasteiger partial charge is 0.461 e.